The van der Waals surface area contributed by atoms with Crippen molar-refractivity contribution in [3.63, 3.8) is 0 Å². The fraction of sp³-hybridized carbons (Fsp3) is 0.440. The predicted molar refractivity (Wildman–Crippen MR) is 123 cm³/mol. The summed E-state index contributed by atoms with van der Waals surface area (Å²) < 4.78 is 0. The van der Waals surface area contributed by atoms with Gasteiger partial charge in [0.15, 0.2) is 0 Å². The van der Waals surface area contributed by atoms with Gasteiger partial charge in [0.25, 0.3) is 0 Å². The maximum atomic E-state index is 12.4. The molecule has 0 saturated carbocycles. The normalized spacial score (nSPS) is 13.6. The molecule has 166 valence electrons. The topological polar surface area (TPSA) is 64.7 Å². The first kappa shape index (κ1) is 22.8. The number of carbonyl (C=O) groups is 2. The number of hydrogen-bond donors (Lipinski definition) is 2. The van der Waals surface area contributed by atoms with E-state index in [1.54, 1.807) is 0 Å². The van der Waals surface area contributed by atoms with Crippen molar-refractivity contribution >= 4 is 11.9 Å². The van der Waals surface area contributed by atoms with Crippen molar-refractivity contribution in [2.45, 2.75) is 52.9 Å². The minimum Gasteiger partial charge on any atom is -0.338 e. The van der Waals surface area contributed by atoms with Gasteiger partial charge in [0, 0.05) is 39.1 Å². The zero-order valence-electron chi connectivity index (χ0n) is 18.7. The maximum absolute atomic E-state index is 12.4. The molecular weight excluding hydrogens is 388 g/mol. The number of carbonyl (C=O) groups excluding carboxylic acids is 2. The quantitative estimate of drug-likeness (QED) is 0.614. The summed E-state index contributed by atoms with van der Waals surface area (Å²) in [7, 11) is 0. The summed E-state index contributed by atoms with van der Waals surface area (Å²) in [6.45, 7) is 9.65. The van der Waals surface area contributed by atoms with E-state index in [4.69, 9.17) is 0 Å². The maximum Gasteiger partial charge on any atom is 0.315 e. The van der Waals surface area contributed by atoms with Crippen molar-refractivity contribution < 1.29 is 9.59 Å². The Kier molecular flexibility index (Phi) is 8.47. The van der Waals surface area contributed by atoms with Gasteiger partial charge in [-0.25, -0.2) is 4.79 Å². The molecule has 2 aromatic carbocycles. The molecule has 1 fully saturated rings. The number of hydrogen-bond acceptors (Lipinski definition) is 3. The van der Waals surface area contributed by atoms with E-state index in [9.17, 15) is 9.59 Å². The Balaban J connectivity index is 1.49. The van der Waals surface area contributed by atoms with Crippen molar-refractivity contribution in [3.05, 3.63) is 70.8 Å². The van der Waals surface area contributed by atoms with Crippen LogP contribution in [-0.2, 0) is 31.0 Å². The number of urea groups is 1. The highest BCUT2D eigenvalue weighted by molar-refractivity contribution is 5.78. The average Bonchev–Trinajstić information content (AvgIpc) is 3.19. The lowest BCUT2D eigenvalue weighted by Gasteiger charge is -2.20. The van der Waals surface area contributed by atoms with Crippen LogP contribution in [0.4, 0.5) is 4.79 Å². The predicted octanol–water partition coefficient (Wildman–Crippen LogP) is 3.65. The van der Waals surface area contributed by atoms with Crippen molar-refractivity contribution in [2.24, 2.45) is 0 Å². The molecule has 6 heteroatoms. The summed E-state index contributed by atoms with van der Waals surface area (Å²) in [4.78, 5) is 28.5. The minimum atomic E-state index is -0.183. The van der Waals surface area contributed by atoms with E-state index >= 15 is 0 Å². The molecule has 0 radical (unpaired) electrons. The number of rotatable bonds is 10. The molecule has 0 bridgehead atoms. The smallest absolute Gasteiger partial charge is 0.315 e. The van der Waals surface area contributed by atoms with E-state index in [0.29, 0.717) is 26.1 Å². The van der Waals surface area contributed by atoms with Crippen LogP contribution in [0.1, 0.15) is 48.9 Å². The third-order valence-electron chi connectivity index (χ3n) is 5.84. The van der Waals surface area contributed by atoms with Crippen LogP contribution < -0.4 is 10.6 Å². The SMILES string of the molecule is CCN(CC)Cc1ccccc1CNC(=O)NCc1cccc(CN2CCCC2=O)c1. The zero-order chi connectivity index (χ0) is 22.1. The van der Waals surface area contributed by atoms with Crippen LogP contribution in [0, 0.1) is 0 Å². The molecule has 0 unspecified atom stereocenters. The molecule has 6 nitrogen and oxygen atoms in total. The summed E-state index contributed by atoms with van der Waals surface area (Å²) in [6, 6.07) is 16.1. The first-order valence-electron chi connectivity index (χ1n) is 11.3. The molecule has 31 heavy (non-hydrogen) atoms. The van der Waals surface area contributed by atoms with Crippen LogP contribution in [0.15, 0.2) is 48.5 Å². The van der Waals surface area contributed by atoms with Crippen LogP contribution in [-0.4, -0.2) is 41.4 Å². The van der Waals surface area contributed by atoms with E-state index < -0.39 is 0 Å². The molecule has 3 rings (SSSR count). The Morgan fingerprint density at radius 1 is 0.968 bits per heavy atom. The molecule has 0 aliphatic carbocycles. The van der Waals surface area contributed by atoms with Gasteiger partial charge in [0.1, 0.15) is 0 Å². The van der Waals surface area contributed by atoms with Gasteiger partial charge in [-0.15, -0.1) is 0 Å². The Bertz CT molecular complexity index is 879. The lowest BCUT2D eigenvalue weighted by molar-refractivity contribution is -0.128. The van der Waals surface area contributed by atoms with Gasteiger partial charge in [-0.3, -0.25) is 9.69 Å². The molecular formula is C25H34N4O2. The van der Waals surface area contributed by atoms with E-state index in [1.807, 2.05) is 35.2 Å². The van der Waals surface area contributed by atoms with E-state index in [-0.39, 0.29) is 11.9 Å². The summed E-state index contributed by atoms with van der Waals surface area (Å²) in [5, 5.41) is 5.92. The third-order valence-corrected chi connectivity index (χ3v) is 5.84. The highest BCUT2D eigenvalue weighted by Gasteiger charge is 2.19. The van der Waals surface area contributed by atoms with Gasteiger partial charge in [-0.2, -0.15) is 0 Å². The Labute approximate surface area is 185 Å². The monoisotopic (exact) mass is 422 g/mol. The van der Waals surface area contributed by atoms with E-state index in [1.165, 1.54) is 5.56 Å². The van der Waals surface area contributed by atoms with Crippen molar-refractivity contribution in [2.75, 3.05) is 19.6 Å². The summed E-state index contributed by atoms with van der Waals surface area (Å²) in [6.07, 6.45) is 1.60. The lowest BCUT2D eigenvalue weighted by atomic mass is 10.1. The highest BCUT2D eigenvalue weighted by atomic mass is 16.2. The molecule has 2 N–H and O–H groups in total. The lowest BCUT2D eigenvalue weighted by Crippen LogP contribution is -2.35. The van der Waals surface area contributed by atoms with Crippen LogP contribution in [0.5, 0.6) is 0 Å². The molecule has 1 aliphatic rings. The van der Waals surface area contributed by atoms with E-state index in [2.05, 4.69) is 47.6 Å². The molecule has 0 atom stereocenters. The highest BCUT2D eigenvalue weighted by Crippen LogP contribution is 2.15. The number of likely N-dealkylation sites (tertiary alicyclic amines) is 1. The largest absolute Gasteiger partial charge is 0.338 e. The summed E-state index contributed by atoms with van der Waals surface area (Å²) in [5.74, 6) is 0.226. The Morgan fingerprint density at radius 3 is 2.39 bits per heavy atom. The summed E-state index contributed by atoms with van der Waals surface area (Å²) >= 11 is 0. The first-order valence-corrected chi connectivity index (χ1v) is 11.3. The number of nitrogens with one attached hydrogen (secondary N) is 2. The number of nitrogens with zero attached hydrogens (tertiary/aromatic N) is 2. The molecule has 2 aromatic rings. The first-order chi connectivity index (χ1) is 15.1. The summed E-state index contributed by atoms with van der Waals surface area (Å²) in [5.41, 5.74) is 4.51. The third kappa shape index (κ3) is 6.82. The second-order valence-electron chi connectivity index (χ2n) is 8.01. The van der Waals surface area contributed by atoms with Crippen molar-refractivity contribution in [1.82, 2.24) is 20.4 Å². The van der Waals surface area contributed by atoms with Gasteiger partial charge in [0.2, 0.25) is 5.91 Å². The van der Waals surface area contributed by atoms with Gasteiger partial charge in [0.05, 0.1) is 0 Å². The molecule has 1 saturated heterocycles. The fourth-order valence-electron chi connectivity index (χ4n) is 3.92. The molecule has 1 heterocycles. The van der Waals surface area contributed by atoms with Crippen molar-refractivity contribution in [3.8, 4) is 0 Å². The molecule has 1 aliphatic heterocycles. The number of amides is 3. The average molecular weight is 423 g/mol. The van der Waals surface area contributed by atoms with Gasteiger partial charge >= 0.3 is 6.03 Å². The van der Waals surface area contributed by atoms with E-state index in [0.717, 1.165) is 49.3 Å². The number of benzene rings is 2. The van der Waals surface area contributed by atoms with Crippen LogP contribution >= 0.6 is 0 Å². The zero-order valence-corrected chi connectivity index (χ0v) is 18.7. The van der Waals surface area contributed by atoms with Crippen LogP contribution in [0.2, 0.25) is 0 Å². The van der Waals surface area contributed by atoms with Crippen molar-refractivity contribution in [1.29, 1.82) is 0 Å². The Morgan fingerprint density at radius 2 is 1.68 bits per heavy atom. The second-order valence-corrected chi connectivity index (χ2v) is 8.01. The van der Waals surface area contributed by atoms with Crippen LogP contribution in [0.25, 0.3) is 0 Å². The fourth-order valence-corrected chi connectivity index (χ4v) is 3.92. The molecule has 3 amide bonds. The second kappa shape index (κ2) is 11.5. The van der Waals surface area contributed by atoms with Gasteiger partial charge in [-0.05, 0) is 41.8 Å². The van der Waals surface area contributed by atoms with Gasteiger partial charge in [-0.1, -0.05) is 62.4 Å². The van der Waals surface area contributed by atoms with Gasteiger partial charge < -0.3 is 15.5 Å². The molecule has 0 spiro atoms. The standard InChI is InChI=1S/C25H34N4O2/c1-3-28(4-2)19-23-12-6-5-11-22(23)17-27-25(31)26-16-20-9-7-10-21(15-20)18-29-14-8-13-24(29)30/h5-7,9-12,15H,3-4,8,13-14,16-19H2,1-2H3,(H2,26,27,31). The Hall–Kier alpha value is -2.86. The minimum absolute atomic E-state index is 0.183. The molecule has 0 aromatic heterocycles. The van der Waals surface area contributed by atoms with Crippen LogP contribution in [0.3, 0.4) is 0 Å².